The van der Waals surface area contributed by atoms with Gasteiger partial charge >= 0.3 is 0 Å². The van der Waals surface area contributed by atoms with Crippen LogP contribution in [0.3, 0.4) is 0 Å². The fourth-order valence-electron chi connectivity index (χ4n) is 2.00. The van der Waals surface area contributed by atoms with Gasteiger partial charge in [0.2, 0.25) is 5.88 Å². The number of aryl methyl sites for hydroxylation is 1. The first-order valence-corrected chi connectivity index (χ1v) is 5.76. The average molecular weight is 244 g/mol. The summed E-state index contributed by atoms with van der Waals surface area (Å²) in [6.07, 6.45) is 2.68. The molecule has 4 nitrogen and oxygen atoms in total. The van der Waals surface area contributed by atoms with Gasteiger partial charge in [0.05, 0.1) is 7.11 Å². The molecule has 0 saturated carbocycles. The lowest BCUT2D eigenvalue weighted by Gasteiger charge is -2.09. The highest BCUT2D eigenvalue weighted by molar-refractivity contribution is 5.77. The van der Waals surface area contributed by atoms with Gasteiger partial charge in [0.1, 0.15) is 0 Å². The summed E-state index contributed by atoms with van der Waals surface area (Å²) >= 11 is 0. The Morgan fingerprint density at radius 1 is 1.39 bits per heavy atom. The van der Waals surface area contributed by atoms with Crippen LogP contribution in [0.15, 0.2) is 24.4 Å². The Bertz CT molecular complexity index is 556. The van der Waals surface area contributed by atoms with Crippen LogP contribution in [0.1, 0.15) is 27.3 Å². The Labute approximate surface area is 106 Å². The van der Waals surface area contributed by atoms with Gasteiger partial charge < -0.3 is 9.30 Å². The number of aldehydes is 1. The van der Waals surface area contributed by atoms with Crippen LogP contribution in [0.25, 0.3) is 0 Å². The van der Waals surface area contributed by atoms with Crippen molar-refractivity contribution in [2.45, 2.75) is 20.4 Å². The van der Waals surface area contributed by atoms with E-state index >= 15 is 0 Å². The van der Waals surface area contributed by atoms with Gasteiger partial charge in [-0.15, -0.1) is 0 Å². The zero-order valence-corrected chi connectivity index (χ0v) is 10.8. The van der Waals surface area contributed by atoms with E-state index in [9.17, 15) is 4.79 Å². The number of carbonyl (C=O) groups excluding carboxylic acids is 1. The number of nitrogens with zero attached hydrogens (tertiary/aromatic N) is 2. The summed E-state index contributed by atoms with van der Waals surface area (Å²) < 4.78 is 7.13. The van der Waals surface area contributed by atoms with Crippen molar-refractivity contribution in [1.29, 1.82) is 0 Å². The van der Waals surface area contributed by atoms with Gasteiger partial charge in [-0.1, -0.05) is 6.07 Å². The minimum atomic E-state index is 0.605. The van der Waals surface area contributed by atoms with Crippen LogP contribution < -0.4 is 4.74 Å². The molecule has 2 heterocycles. The predicted molar refractivity (Wildman–Crippen MR) is 69.2 cm³/mol. The smallest absolute Gasteiger partial charge is 0.212 e. The molecule has 0 N–H and O–H groups in total. The minimum Gasteiger partial charge on any atom is -0.481 e. The van der Waals surface area contributed by atoms with E-state index in [-0.39, 0.29) is 0 Å². The summed E-state index contributed by atoms with van der Waals surface area (Å²) in [4.78, 5) is 15.1. The fraction of sp³-hybridized carbons (Fsp3) is 0.286. The largest absolute Gasteiger partial charge is 0.481 e. The third-order valence-corrected chi connectivity index (χ3v) is 3.09. The van der Waals surface area contributed by atoms with Crippen molar-refractivity contribution >= 4 is 6.29 Å². The Morgan fingerprint density at radius 2 is 2.17 bits per heavy atom. The number of methoxy groups -OCH3 is 1. The standard InChI is InChI=1S/C14H16N2O2/c1-10-6-13(9-17)11(2)16(10)8-12-4-5-14(18-3)15-7-12/h4-7,9H,8H2,1-3H3. The maximum Gasteiger partial charge on any atom is 0.212 e. The van der Waals surface area contributed by atoms with E-state index in [0.717, 1.165) is 28.8 Å². The summed E-state index contributed by atoms with van der Waals surface area (Å²) in [5.41, 5.74) is 3.88. The lowest BCUT2D eigenvalue weighted by molar-refractivity contribution is 0.112. The first-order chi connectivity index (χ1) is 8.65. The maximum absolute atomic E-state index is 10.9. The predicted octanol–water partition coefficient (Wildman–Crippen LogP) is 2.37. The number of ether oxygens (including phenoxy) is 1. The molecule has 0 spiro atoms. The second-order valence-electron chi connectivity index (χ2n) is 4.24. The van der Waals surface area contributed by atoms with E-state index in [1.165, 1.54) is 0 Å². The van der Waals surface area contributed by atoms with Crippen LogP contribution in [0.4, 0.5) is 0 Å². The van der Waals surface area contributed by atoms with E-state index in [1.807, 2.05) is 32.0 Å². The maximum atomic E-state index is 10.9. The van der Waals surface area contributed by atoms with E-state index in [2.05, 4.69) is 9.55 Å². The number of hydrogen-bond donors (Lipinski definition) is 0. The van der Waals surface area contributed by atoms with Crippen molar-refractivity contribution in [2.24, 2.45) is 0 Å². The van der Waals surface area contributed by atoms with Crippen molar-refractivity contribution in [3.8, 4) is 5.88 Å². The summed E-state index contributed by atoms with van der Waals surface area (Å²) in [5, 5.41) is 0. The summed E-state index contributed by atoms with van der Waals surface area (Å²) in [7, 11) is 1.60. The second-order valence-corrected chi connectivity index (χ2v) is 4.24. The second kappa shape index (κ2) is 5.04. The molecule has 2 rings (SSSR count). The molecular formula is C14H16N2O2. The monoisotopic (exact) mass is 244 g/mol. The number of carbonyl (C=O) groups is 1. The quantitative estimate of drug-likeness (QED) is 0.775. The molecule has 0 atom stereocenters. The van der Waals surface area contributed by atoms with Crippen LogP contribution in [-0.4, -0.2) is 22.9 Å². The number of pyridine rings is 1. The molecule has 2 aromatic heterocycles. The number of aromatic nitrogens is 2. The van der Waals surface area contributed by atoms with Gasteiger partial charge in [0.25, 0.3) is 0 Å². The van der Waals surface area contributed by atoms with Crippen LogP contribution in [-0.2, 0) is 6.54 Å². The van der Waals surface area contributed by atoms with Gasteiger partial charge in [0.15, 0.2) is 6.29 Å². The van der Waals surface area contributed by atoms with Gasteiger partial charge in [0, 0.05) is 35.8 Å². The summed E-state index contributed by atoms with van der Waals surface area (Å²) in [6, 6.07) is 5.72. The molecule has 0 unspecified atom stereocenters. The Hall–Kier alpha value is -2.10. The first-order valence-electron chi connectivity index (χ1n) is 5.76. The van der Waals surface area contributed by atoms with Gasteiger partial charge in [-0.3, -0.25) is 4.79 Å². The third kappa shape index (κ3) is 2.27. The number of rotatable bonds is 4. The van der Waals surface area contributed by atoms with Gasteiger partial charge in [-0.05, 0) is 25.5 Å². The topological polar surface area (TPSA) is 44.1 Å². The lowest BCUT2D eigenvalue weighted by atomic mass is 10.2. The normalized spacial score (nSPS) is 10.4. The molecule has 0 saturated heterocycles. The lowest BCUT2D eigenvalue weighted by Crippen LogP contribution is -2.04. The van der Waals surface area contributed by atoms with Gasteiger partial charge in [-0.2, -0.15) is 0 Å². The molecule has 0 aromatic carbocycles. The van der Waals surface area contributed by atoms with E-state index < -0.39 is 0 Å². The Morgan fingerprint density at radius 3 is 2.67 bits per heavy atom. The highest BCUT2D eigenvalue weighted by atomic mass is 16.5. The molecule has 0 amide bonds. The molecule has 0 aliphatic heterocycles. The zero-order valence-electron chi connectivity index (χ0n) is 10.8. The van der Waals surface area contributed by atoms with Crippen molar-refractivity contribution in [3.63, 3.8) is 0 Å². The van der Waals surface area contributed by atoms with E-state index in [0.29, 0.717) is 12.4 Å². The summed E-state index contributed by atoms with van der Waals surface area (Å²) in [5.74, 6) is 0.605. The third-order valence-electron chi connectivity index (χ3n) is 3.09. The molecule has 18 heavy (non-hydrogen) atoms. The Kier molecular flexibility index (Phi) is 3.46. The Balaban J connectivity index is 2.27. The molecule has 0 bridgehead atoms. The van der Waals surface area contributed by atoms with Crippen molar-refractivity contribution < 1.29 is 9.53 Å². The molecule has 2 aromatic rings. The van der Waals surface area contributed by atoms with Crippen molar-refractivity contribution in [1.82, 2.24) is 9.55 Å². The molecule has 0 aliphatic rings. The average Bonchev–Trinajstić information content (AvgIpc) is 2.67. The van der Waals surface area contributed by atoms with E-state index in [1.54, 1.807) is 13.3 Å². The van der Waals surface area contributed by atoms with Crippen LogP contribution in [0, 0.1) is 13.8 Å². The summed E-state index contributed by atoms with van der Waals surface area (Å²) in [6.45, 7) is 4.66. The minimum absolute atomic E-state index is 0.605. The molecule has 0 aliphatic carbocycles. The molecular weight excluding hydrogens is 228 g/mol. The molecule has 0 fully saturated rings. The van der Waals surface area contributed by atoms with Gasteiger partial charge in [-0.25, -0.2) is 4.98 Å². The zero-order chi connectivity index (χ0) is 13.1. The number of hydrogen-bond acceptors (Lipinski definition) is 3. The molecule has 4 heteroatoms. The van der Waals surface area contributed by atoms with Crippen LogP contribution in [0.5, 0.6) is 5.88 Å². The van der Waals surface area contributed by atoms with Crippen molar-refractivity contribution in [3.05, 3.63) is 46.9 Å². The SMILES string of the molecule is COc1ccc(Cn2c(C)cc(C=O)c2C)cn1. The fourth-order valence-corrected chi connectivity index (χ4v) is 2.00. The van der Waals surface area contributed by atoms with Crippen LogP contribution in [0.2, 0.25) is 0 Å². The highest BCUT2D eigenvalue weighted by Gasteiger charge is 2.08. The van der Waals surface area contributed by atoms with Crippen molar-refractivity contribution in [2.75, 3.05) is 7.11 Å². The molecule has 0 radical (unpaired) electrons. The first kappa shape index (κ1) is 12.4. The van der Waals surface area contributed by atoms with Crippen LogP contribution >= 0.6 is 0 Å². The highest BCUT2D eigenvalue weighted by Crippen LogP contribution is 2.16. The van der Waals surface area contributed by atoms with E-state index in [4.69, 9.17) is 4.74 Å². The molecule has 94 valence electrons.